The molecule has 108 valence electrons. The van der Waals surface area contributed by atoms with Crippen molar-refractivity contribution in [2.45, 2.75) is 31.2 Å². The van der Waals surface area contributed by atoms with Crippen LogP contribution in [0, 0.1) is 0 Å². The maximum absolute atomic E-state index is 12.0. The number of benzene rings is 1. The molecule has 1 atom stereocenters. The van der Waals surface area contributed by atoms with Gasteiger partial charge in [0, 0.05) is 11.6 Å². The lowest BCUT2D eigenvalue weighted by Crippen LogP contribution is -2.53. The molecule has 1 fully saturated rings. The molecular formula is C15H19NO4. The number of phenolic OH excluding ortho intramolecular Hbond substituents is 1. The molecule has 2 aliphatic heterocycles. The van der Waals surface area contributed by atoms with Gasteiger partial charge in [-0.1, -0.05) is 12.8 Å². The Labute approximate surface area is 117 Å². The number of carbonyl (C=O) groups is 1. The third-order valence-electron chi connectivity index (χ3n) is 4.35. The summed E-state index contributed by atoms with van der Waals surface area (Å²) < 4.78 is 5.57. The predicted molar refractivity (Wildman–Crippen MR) is 73.0 cm³/mol. The summed E-state index contributed by atoms with van der Waals surface area (Å²) >= 11 is 0. The maximum atomic E-state index is 12.0. The van der Waals surface area contributed by atoms with E-state index in [4.69, 9.17) is 4.74 Å². The van der Waals surface area contributed by atoms with E-state index in [2.05, 4.69) is 0 Å². The highest BCUT2D eigenvalue weighted by molar-refractivity contribution is 5.83. The fourth-order valence-corrected chi connectivity index (χ4v) is 3.26. The average molecular weight is 277 g/mol. The number of hydrogen-bond acceptors (Lipinski definition) is 4. The van der Waals surface area contributed by atoms with Crippen molar-refractivity contribution in [2.24, 2.45) is 0 Å². The van der Waals surface area contributed by atoms with Gasteiger partial charge in [0.1, 0.15) is 18.1 Å². The van der Waals surface area contributed by atoms with E-state index in [0.717, 1.165) is 38.8 Å². The number of aliphatic carboxylic acids is 1. The number of nitrogens with zero attached hydrogens (tertiary/aromatic N) is 1. The van der Waals surface area contributed by atoms with Crippen molar-refractivity contribution in [3.05, 3.63) is 23.8 Å². The van der Waals surface area contributed by atoms with Crippen LogP contribution >= 0.6 is 0 Å². The number of aromatic hydroxyl groups is 1. The Morgan fingerprint density at radius 1 is 1.20 bits per heavy atom. The van der Waals surface area contributed by atoms with Gasteiger partial charge in [0.2, 0.25) is 0 Å². The Morgan fingerprint density at radius 2 is 1.90 bits per heavy atom. The summed E-state index contributed by atoms with van der Waals surface area (Å²) in [6.07, 6.45) is 4.33. The van der Waals surface area contributed by atoms with E-state index in [-0.39, 0.29) is 12.4 Å². The molecule has 3 rings (SSSR count). The number of ether oxygens (including phenoxy) is 1. The van der Waals surface area contributed by atoms with Gasteiger partial charge in [-0.2, -0.15) is 0 Å². The first-order valence-electron chi connectivity index (χ1n) is 7.09. The second kappa shape index (κ2) is 4.98. The van der Waals surface area contributed by atoms with Crippen molar-refractivity contribution in [3.8, 4) is 11.5 Å². The monoisotopic (exact) mass is 277 g/mol. The molecule has 1 saturated heterocycles. The molecule has 1 aromatic carbocycles. The zero-order valence-electron chi connectivity index (χ0n) is 11.3. The van der Waals surface area contributed by atoms with E-state index in [1.165, 1.54) is 12.1 Å². The van der Waals surface area contributed by atoms with E-state index in [1.54, 1.807) is 6.07 Å². The highest BCUT2D eigenvalue weighted by Gasteiger charge is 2.52. The lowest BCUT2D eigenvalue weighted by Gasteiger charge is -2.36. The molecule has 5 heteroatoms. The van der Waals surface area contributed by atoms with Gasteiger partial charge in [-0.3, -0.25) is 4.90 Å². The van der Waals surface area contributed by atoms with Gasteiger partial charge in [0.15, 0.2) is 5.54 Å². The molecule has 0 radical (unpaired) electrons. The van der Waals surface area contributed by atoms with Gasteiger partial charge in [-0.15, -0.1) is 0 Å². The lowest BCUT2D eigenvalue weighted by molar-refractivity contribution is -0.153. The molecule has 0 amide bonds. The molecule has 2 aliphatic rings. The number of rotatable bonds is 2. The van der Waals surface area contributed by atoms with Crippen LogP contribution in [0.5, 0.6) is 11.5 Å². The summed E-state index contributed by atoms with van der Waals surface area (Å²) in [4.78, 5) is 14.0. The van der Waals surface area contributed by atoms with Crippen LogP contribution in [-0.4, -0.2) is 40.8 Å². The minimum atomic E-state index is -1.10. The van der Waals surface area contributed by atoms with Gasteiger partial charge in [0.25, 0.3) is 0 Å². The largest absolute Gasteiger partial charge is 0.508 e. The smallest absolute Gasteiger partial charge is 0.332 e. The molecule has 2 heterocycles. The Morgan fingerprint density at radius 3 is 2.55 bits per heavy atom. The molecule has 1 aromatic rings. The molecule has 0 aromatic heterocycles. The Kier molecular flexibility index (Phi) is 3.30. The van der Waals surface area contributed by atoms with Gasteiger partial charge in [-0.25, -0.2) is 4.79 Å². The van der Waals surface area contributed by atoms with Crippen molar-refractivity contribution in [2.75, 3.05) is 19.7 Å². The minimum absolute atomic E-state index is 0.0980. The summed E-state index contributed by atoms with van der Waals surface area (Å²) in [7, 11) is 0. The van der Waals surface area contributed by atoms with Gasteiger partial charge < -0.3 is 14.9 Å². The summed E-state index contributed by atoms with van der Waals surface area (Å²) in [6, 6.07) is 4.71. The normalized spacial score (nSPS) is 26.6. The van der Waals surface area contributed by atoms with Crippen LogP contribution in [0.25, 0.3) is 0 Å². The molecule has 5 nitrogen and oxygen atoms in total. The van der Waals surface area contributed by atoms with Gasteiger partial charge >= 0.3 is 5.97 Å². The number of fused-ring (bicyclic) bond motifs is 1. The Bertz CT molecular complexity index is 523. The third-order valence-corrected chi connectivity index (χ3v) is 4.35. The summed E-state index contributed by atoms with van der Waals surface area (Å²) in [5.74, 6) is -0.290. The van der Waals surface area contributed by atoms with Crippen LogP contribution in [0.15, 0.2) is 18.2 Å². The van der Waals surface area contributed by atoms with Crippen LogP contribution in [0.1, 0.15) is 31.2 Å². The average Bonchev–Trinajstić information content (AvgIpc) is 2.61. The van der Waals surface area contributed by atoms with Crippen molar-refractivity contribution in [1.29, 1.82) is 0 Å². The second-order valence-corrected chi connectivity index (χ2v) is 5.54. The highest BCUT2D eigenvalue weighted by atomic mass is 16.5. The Balaban J connectivity index is 2.04. The van der Waals surface area contributed by atoms with Crippen molar-refractivity contribution < 1.29 is 19.7 Å². The van der Waals surface area contributed by atoms with Crippen LogP contribution in [0.4, 0.5) is 0 Å². The minimum Gasteiger partial charge on any atom is -0.508 e. The van der Waals surface area contributed by atoms with E-state index in [9.17, 15) is 15.0 Å². The summed E-state index contributed by atoms with van der Waals surface area (Å²) in [5, 5.41) is 19.4. The first kappa shape index (κ1) is 13.2. The fourth-order valence-electron chi connectivity index (χ4n) is 3.26. The van der Waals surface area contributed by atoms with Crippen LogP contribution < -0.4 is 4.74 Å². The molecule has 20 heavy (non-hydrogen) atoms. The number of carboxylic acid groups (broad SMARTS) is 1. The first-order chi connectivity index (χ1) is 9.64. The standard InChI is InChI=1S/C15H19NO4/c17-11-5-6-12-13(9-11)20-10-15(12,14(18)19)16-7-3-1-2-4-8-16/h5-6,9,17H,1-4,7-8,10H2,(H,18,19). The highest BCUT2D eigenvalue weighted by Crippen LogP contribution is 2.43. The van der Waals surface area contributed by atoms with Gasteiger partial charge in [0.05, 0.1) is 0 Å². The van der Waals surface area contributed by atoms with Crippen LogP contribution in [-0.2, 0) is 10.3 Å². The second-order valence-electron chi connectivity index (χ2n) is 5.54. The third kappa shape index (κ3) is 1.93. The van der Waals surface area contributed by atoms with Crippen molar-refractivity contribution >= 4 is 5.97 Å². The van der Waals surface area contributed by atoms with E-state index < -0.39 is 11.5 Å². The summed E-state index contributed by atoms with van der Waals surface area (Å²) in [6.45, 7) is 1.66. The zero-order valence-corrected chi connectivity index (χ0v) is 11.3. The molecule has 0 saturated carbocycles. The molecular weight excluding hydrogens is 258 g/mol. The molecule has 1 unspecified atom stereocenters. The molecule has 0 bridgehead atoms. The number of hydrogen-bond donors (Lipinski definition) is 2. The first-order valence-corrected chi connectivity index (χ1v) is 7.09. The molecule has 2 N–H and O–H groups in total. The van der Waals surface area contributed by atoms with E-state index in [0.29, 0.717) is 11.3 Å². The van der Waals surface area contributed by atoms with Gasteiger partial charge in [-0.05, 0) is 38.1 Å². The van der Waals surface area contributed by atoms with Crippen molar-refractivity contribution in [3.63, 3.8) is 0 Å². The lowest BCUT2D eigenvalue weighted by atomic mass is 9.89. The van der Waals surface area contributed by atoms with Crippen LogP contribution in [0.3, 0.4) is 0 Å². The van der Waals surface area contributed by atoms with Crippen molar-refractivity contribution in [1.82, 2.24) is 4.90 Å². The number of phenols is 1. The van der Waals surface area contributed by atoms with E-state index in [1.807, 2.05) is 4.90 Å². The zero-order chi connectivity index (χ0) is 14.2. The topological polar surface area (TPSA) is 70.0 Å². The number of likely N-dealkylation sites (tertiary alicyclic amines) is 1. The van der Waals surface area contributed by atoms with Crippen LogP contribution in [0.2, 0.25) is 0 Å². The number of carboxylic acids is 1. The SMILES string of the molecule is O=C(O)C1(N2CCCCCC2)COc2cc(O)ccc21. The Hall–Kier alpha value is -1.75. The molecule has 0 aliphatic carbocycles. The predicted octanol–water partition coefficient (Wildman–Crippen LogP) is 1.94. The fraction of sp³-hybridized carbons (Fsp3) is 0.533. The maximum Gasteiger partial charge on any atom is 0.332 e. The quantitative estimate of drug-likeness (QED) is 0.864. The van der Waals surface area contributed by atoms with E-state index >= 15 is 0 Å². The summed E-state index contributed by atoms with van der Waals surface area (Å²) in [5.41, 5.74) is -0.447. The molecule has 0 spiro atoms.